The fourth-order valence-corrected chi connectivity index (χ4v) is 1.80. The topological polar surface area (TPSA) is 80.7 Å². The average molecular weight is 244 g/mol. The van der Waals surface area contributed by atoms with E-state index < -0.39 is 0 Å². The first kappa shape index (κ1) is 10.5. The van der Waals surface area contributed by atoms with Gasteiger partial charge in [-0.05, 0) is 17.7 Å². The summed E-state index contributed by atoms with van der Waals surface area (Å²) >= 11 is 0. The minimum absolute atomic E-state index is 0.219. The van der Waals surface area contributed by atoms with Crippen LogP contribution in [0.5, 0.6) is 0 Å². The number of nitrogens with two attached hydrogens (primary N) is 1. The van der Waals surface area contributed by atoms with E-state index >= 15 is 0 Å². The first-order valence-electron chi connectivity index (χ1n) is 5.26. The number of hydrogen-bond acceptors (Lipinski definition) is 4. The highest BCUT2D eigenvalue weighted by atomic mass is 19.1. The van der Waals surface area contributed by atoms with Gasteiger partial charge in [0.15, 0.2) is 11.6 Å². The molecule has 0 atom stereocenters. The molecule has 0 aliphatic rings. The van der Waals surface area contributed by atoms with Crippen molar-refractivity contribution in [2.45, 2.75) is 0 Å². The molecular weight excluding hydrogens is 235 g/mol. The second-order valence-electron chi connectivity index (χ2n) is 3.77. The fraction of sp³-hybridized carbons (Fsp3) is 0. The van der Waals surface area contributed by atoms with Gasteiger partial charge in [-0.15, -0.1) is 0 Å². The molecular formula is C12H9FN4O. The predicted molar refractivity (Wildman–Crippen MR) is 63.9 cm³/mol. The van der Waals surface area contributed by atoms with Crippen molar-refractivity contribution < 1.29 is 8.91 Å². The van der Waals surface area contributed by atoms with Crippen molar-refractivity contribution >= 4 is 5.82 Å². The van der Waals surface area contributed by atoms with E-state index in [-0.39, 0.29) is 11.6 Å². The van der Waals surface area contributed by atoms with Gasteiger partial charge in [0.05, 0.1) is 17.3 Å². The maximum atomic E-state index is 13.3. The standard InChI is InChI=1S/C12H9FN4O/c13-9-3-1-2-7(4-9)10-11(18-17-12(10)14)8-5-15-16-6-8/h1-6H,(H2,14,17)(H,15,16). The Bertz CT molecular complexity index is 675. The van der Waals surface area contributed by atoms with Gasteiger partial charge < -0.3 is 10.3 Å². The number of aromatic amines is 1. The van der Waals surface area contributed by atoms with Crippen LogP contribution in [0.3, 0.4) is 0 Å². The van der Waals surface area contributed by atoms with Crippen LogP contribution in [0.2, 0.25) is 0 Å². The van der Waals surface area contributed by atoms with Crippen molar-refractivity contribution in [1.82, 2.24) is 15.4 Å². The average Bonchev–Trinajstić information content (AvgIpc) is 2.97. The van der Waals surface area contributed by atoms with Gasteiger partial charge in [0.25, 0.3) is 0 Å². The van der Waals surface area contributed by atoms with Crippen LogP contribution in [0.25, 0.3) is 22.5 Å². The molecule has 18 heavy (non-hydrogen) atoms. The summed E-state index contributed by atoms with van der Waals surface area (Å²) in [6.07, 6.45) is 3.24. The third-order valence-corrected chi connectivity index (χ3v) is 2.59. The van der Waals surface area contributed by atoms with Crippen molar-refractivity contribution in [3.05, 3.63) is 42.5 Å². The summed E-state index contributed by atoms with van der Waals surface area (Å²) in [6.45, 7) is 0. The van der Waals surface area contributed by atoms with E-state index in [0.717, 1.165) is 0 Å². The second-order valence-corrected chi connectivity index (χ2v) is 3.77. The summed E-state index contributed by atoms with van der Waals surface area (Å²) in [4.78, 5) is 0. The molecule has 0 fully saturated rings. The van der Waals surface area contributed by atoms with E-state index in [1.165, 1.54) is 12.1 Å². The summed E-state index contributed by atoms with van der Waals surface area (Å²) in [5.74, 6) is 0.342. The number of halogens is 1. The second kappa shape index (κ2) is 3.99. The molecule has 0 unspecified atom stereocenters. The van der Waals surface area contributed by atoms with Crippen molar-refractivity contribution in [3.8, 4) is 22.5 Å². The lowest BCUT2D eigenvalue weighted by Gasteiger charge is -2.00. The Balaban J connectivity index is 2.20. The molecule has 0 aliphatic carbocycles. The Morgan fingerprint density at radius 2 is 2.17 bits per heavy atom. The quantitative estimate of drug-likeness (QED) is 0.725. The van der Waals surface area contributed by atoms with Crippen LogP contribution in [0, 0.1) is 5.82 Å². The molecule has 0 spiro atoms. The highest BCUT2D eigenvalue weighted by Gasteiger charge is 2.18. The molecule has 3 aromatic rings. The summed E-state index contributed by atoms with van der Waals surface area (Å²) in [6, 6.07) is 6.10. The molecule has 5 nitrogen and oxygen atoms in total. The van der Waals surface area contributed by atoms with Gasteiger partial charge in [-0.2, -0.15) is 5.10 Å². The molecule has 90 valence electrons. The van der Waals surface area contributed by atoms with E-state index in [1.807, 2.05) is 0 Å². The molecule has 2 heterocycles. The number of nitrogens with one attached hydrogen (secondary N) is 1. The smallest absolute Gasteiger partial charge is 0.180 e. The molecule has 0 saturated carbocycles. The van der Waals surface area contributed by atoms with Gasteiger partial charge in [0.2, 0.25) is 0 Å². The highest BCUT2D eigenvalue weighted by molar-refractivity contribution is 5.86. The molecule has 2 aromatic heterocycles. The molecule has 1 aromatic carbocycles. The van der Waals surface area contributed by atoms with Crippen LogP contribution < -0.4 is 5.73 Å². The van der Waals surface area contributed by atoms with Gasteiger partial charge in [-0.1, -0.05) is 17.3 Å². The molecule has 0 bridgehead atoms. The van der Waals surface area contributed by atoms with Crippen LogP contribution in [0.1, 0.15) is 0 Å². The third kappa shape index (κ3) is 1.64. The van der Waals surface area contributed by atoms with Crippen molar-refractivity contribution in [2.24, 2.45) is 0 Å². The van der Waals surface area contributed by atoms with E-state index in [9.17, 15) is 4.39 Å². The highest BCUT2D eigenvalue weighted by Crippen LogP contribution is 2.36. The minimum Gasteiger partial charge on any atom is -0.380 e. The summed E-state index contributed by atoms with van der Waals surface area (Å²) < 4.78 is 18.4. The molecule has 0 saturated heterocycles. The van der Waals surface area contributed by atoms with Gasteiger partial charge >= 0.3 is 0 Å². The Hall–Kier alpha value is -2.63. The lowest BCUT2D eigenvalue weighted by atomic mass is 10.0. The number of aromatic nitrogens is 3. The molecule has 3 rings (SSSR count). The zero-order chi connectivity index (χ0) is 12.5. The number of hydrogen-bond donors (Lipinski definition) is 2. The van der Waals surface area contributed by atoms with Gasteiger partial charge in [-0.3, -0.25) is 5.10 Å². The van der Waals surface area contributed by atoms with E-state index in [4.69, 9.17) is 10.3 Å². The Morgan fingerprint density at radius 3 is 2.89 bits per heavy atom. The number of rotatable bonds is 2. The van der Waals surface area contributed by atoms with Crippen LogP contribution in [0.4, 0.5) is 10.2 Å². The normalized spacial score (nSPS) is 10.7. The third-order valence-electron chi connectivity index (χ3n) is 2.59. The number of nitrogen functional groups attached to an aromatic ring is 1. The van der Waals surface area contributed by atoms with E-state index in [0.29, 0.717) is 22.5 Å². The summed E-state index contributed by atoms with van der Waals surface area (Å²) in [5, 5.41) is 10.2. The predicted octanol–water partition coefficient (Wildman–Crippen LogP) is 2.45. The molecule has 0 aliphatic heterocycles. The molecule has 6 heteroatoms. The SMILES string of the molecule is Nc1noc(-c2cn[nH]c2)c1-c1cccc(F)c1. The van der Waals surface area contributed by atoms with Crippen molar-refractivity contribution in [1.29, 1.82) is 0 Å². The first-order chi connectivity index (χ1) is 8.75. The van der Waals surface area contributed by atoms with Crippen LogP contribution in [0.15, 0.2) is 41.2 Å². The number of benzene rings is 1. The summed E-state index contributed by atoms with van der Waals surface area (Å²) in [5.41, 5.74) is 7.66. The Labute approximate surface area is 101 Å². The fourth-order valence-electron chi connectivity index (χ4n) is 1.80. The minimum atomic E-state index is -0.341. The number of H-pyrrole nitrogens is 1. The van der Waals surface area contributed by atoms with Crippen molar-refractivity contribution in [3.63, 3.8) is 0 Å². The summed E-state index contributed by atoms with van der Waals surface area (Å²) in [7, 11) is 0. The monoisotopic (exact) mass is 244 g/mol. The van der Waals surface area contributed by atoms with Crippen LogP contribution in [-0.4, -0.2) is 15.4 Å². The van der Waals surface area contributed by atoms with E-state index in [1.54, 1.807) is 24.5 Å². The van der Waals surface area contributed by atoms with Gasteiger partial charge in [0, 0.05) is 6.20 Å². The number of nitrogens with zero attached hydrogens (tertiary/aromatic N) is 2. The maximum absolute atomic E-state index is 13.3. The maximum Gasteiger partial charge on any atom is 0.180 e. The van der Waals surface area contributed by atoms with Crippen LogP contribution in [-0.2, 0) is 0 Å². The molecule has 0 radical (unpaired) electrons. The molecule has 0 amide bonds. The Kier molecular flexibility index (Phi) is 2.33. The number of anilines is 1. The first-order valence-corrected chi connectivity index (χ1v) is 5.26. The Morgan fingerprint density at radius 1 is 1.28 bits per heavy atom. The van der Waals surface area contributed by atoms with Gasteiger partial charge in [0.1, 0.15) is 5.82 Å². The zero-order valence-corrected chi connectivity index (χ0v) is 9.22. The van der Waals surface area contributed by atoms with E-state index in [2.05, 4.69) is 15.4 Å². The lowest BCUT2D eigenvalue weighted by Crippen LogP contribution is -1.89. The largest absolute Gasteiger partial charge is 0.380 e. The molecule has 3 N–H and O–H groups in total. The lowest BCUT2D eigenvalue weighted by molar-refractivity contribution is 0.436. The zero-order valence-electron chi connectivity index (χ0n) is 9.22. The van der Waals surface area contributed by atoms with Crippen molar-refractivity contribution in [2.75, 3.05) is 5.73 Å². The van der Waals surface area contributed by atoms with Gasteiger partial charge in [-0.25, -0.2) is 4.39 Å². The van der Waals surface area contributed by atoms with Crippen LogP contribution >= 0.6 is 0 Å².